The van der Waals surface area contributed by atoms with E-state index in [-0.39, 0.29) is 24.7 Å². The summed E-state index contributed by atoms with van der Waals surface area (Å²) in [5.41, 5.74) is 0.451. The Hall–Kier alpha value is -3.08. The highest BCUT2D eigenvalue weighted by molar-refractivity contribution is 5.99. The Kier molecular flexibility index (Phi) is 5.28. The van der Waals surface area contributed by atoms with Crippen LogP contribution in [-0.2, 0) is 19.1 Å². The summed E-state index contributed by atoms with van der Waals surface area (Å²) in [4.78, 5) is 56.1. The molecule has 4 aliphatic carbocycles. The Bertz CT molecular complexity index is 1140. The predicted octanol–water partition coefficient (Wildman–Crippen LogP) is 1.40. The zero-order valence-corrected chi connectivity index (χ0v) is 19.6. The Morgan fingerprint density at radius 1 is 1.11 bits per heavy atom. The van der Waals surface area contributed by atoms with Crippen LogP contribution in [0, 0.1) is 23.2 Å². The summed E-state index contributed by atoms with van der Waals surface area (Å²) in [6.07, 6.45) is 7.21. The van der Waals surface area contributed by atoms with Crippen LogP contribution in [-0.4, -0.2) is 72.5 Å². The number of aliphatic hydroxyl groups is 1. The van der Waals surface area contributed by atoms with Crippen LogP contribution in [0.1, 0.15) is 51.9 Å². The van der Waals surface area contributed by atoms with Crippen molar-refractivity contribution in [3.05, 3.63) is 12.7 Å². The molecule has 5 aliphatic rings. The van der Waals surface area contributed by atoms with Gasteiger partial charge < -0.3 is 25.0 Å². The number of aliphatic hydroxyl groups excluding tert-OH is 1. The monoisotopic (exact) mass is 482 g/mol. The summed E-state index contributed by atoms with van der Waals surface area (Å²) in [5.74, 6) is 0.757. The summed E-state index contributed by atoms with van der Waals surface area (Å²) in [6.45, 7) is 1.59. The molecule has 35 heavy (non-hydrogen) atoms. The van der Waals surface area contributed by atoms with Gasteiger partial charge in [0.2, 0.25) is 5.91 Å². The van der Waals surface area contributed by atoms with Crippen LogP contribution in [0.3, 0.4) is 0 Å². The minimum atomic E-state index is -1.12. The molecule has 2 aromatic rings. The van der Waals surface area contributed by atoms with Gasteiger partial charge in [-0.3, -0.25) is 9.59 Å². The topological polar surface area (TPSA) is 150 Å². The molecule has 1 aliphatic heterocycles. The molecule has 0 radical (unpaired) electrons. The van der Waals surface area contributed by atoms with Crippen LogP contribution in [0.5, 0.6) is 0 Å². The number of fused-ring (bicyclic) bond motifs is 1. The lowest BCUT2D eigenvalue weighted by atomic mass is 9.49. The highest BCUT2D eigenvalue weighted by atomic mass is 16.5. The smallest absolute Gasteiger partial charge is 0.329 e. The van der Waals surface area contributed by atoms with E-state index in [1.165, 1.54) is 43.7 Å². The van der Waals surface area contributed by atoms with E-state index in [1.807, 2.05) is 0 Å². The number of ether oxygens (including phenoxy) is 1. The molecule has 1 saturated heterocycles. The molecule has 2 aromatic heterocycles. The number of carbonyl (C=O) groups excluding carboxylic acids is 3. The van der Waals surface area contributed by atoms with Crippen LogP contribution >= 0.6 is 0 Å². The van der Waals surface area contributed by atoms with E-state index in [9.17, 15) is 19.5 Å². The highest BCUT2D eigenvalue weighted by Crippen LogP contribution is 2.60. The van der Waals surface area contributed by atoms with Crippen molar-refractivity contribution < 1.29 is 24.2 Å². The molecule has 2 amide bonds. The zero-order chi connectivity index (χ0) is 24.3. The maximum Gasteiger partial charge on any atom is 0.329 e. The van der Waals surface area contributed by atoms with Crippen molar-refractivity contribution in [1.82, 2.24) is 24.8 Å². The number of aromatic nitrogens is 4. The highest BCUT2D eigenvalue weighted by Gasteiger charge is 2.57. The summed E-state index contributed by atoms with van der Waals surface area (Å²) in [7, 11) is 0. The first-order valence-corrected chi connectivity index (χ1v) is 12.5. The van der Waals surface area contributed by atoms with Gasteiger partial charge in [-0.05, 0) is 63.2 Å². The average Bonchev–Trinajstić information content (AvgIpc) is 3.44. The van der Waals surface area contributed by atoms with Gasteiger partial charge in [-0.15, -0.1) is 0 Å². The molecule has 0 spiro atoms. The van der Waals surface area contributed by atoms with Gasteiger partial charge in [0.05, 0.1) is 17.8 Å². The van der Waals surface area contributed by atoms with E-state index in [1.54, 1.807) is 0 Å². The van der Waals surface area contributed by atoms with Crippen molar-refractivity contribution >= 4 is 34.8 Å². The van der Waals surface area contributed by atoms with Crippen molar-refractivity contribution in [1.29, 1.82) is 0 Å². The summed E-state index contributed by atoms with van der Waals surface area (Å²) in [6, 6.07) is -0.890. The molecule has 7 rings (SSSR count). The van der Waals surface area contributed by atoms with Gasteiger partial charge in [-0.25, -0.2) is 19.7 Å². The fraction of sp³-hybridized carbons (Fsp3) is 0.667. The van der Waals surface area contributed by atoms with Crippen molar-refractivity contribution in [2.45, 2.75) is 70.1 Å². The van der Waals surface area contributed by atoms with Gasteiger partial charge in [0.25, 0.3) is 5.91 Å². The average molecular weight is 483 g/mol. The van der Waals surface area contributed by atoms with Gasteiger partial charge in [-0.2, -0.15) is 0 Å². The molecule has 11 nitrogen and oxygen atoms in total. The Balaban J connectivity index is 1.14. The van der Waals surface area contributed by atoms with Crippen molar-refractivity contribution in [2.75, 3.05) is 11.9 Å². The summed E-state index contributed by atoms with van der Waals surface area (Å²) >= 11 is 0. The third-order valence-electron chi connectivity index (χ3n) is 8.43. The number of aromatic amines is 1. The number of nitrogens with one attached hydrogen (secondary N) is 2. The number of hydrogen-bond donors (Lipinski definition) is 3. The van der Waals surface area contributed by atoms with Crippen LogP contribution in [0.4, 0.5) is 5.82 Å². The van der Waals surface area contributed by atoms with Crippen molar-refractivity contribution in [3.63, 3.8) is 0 Å². The molecule has 4 saturated carbocycles. The second kappa shape index (κ2) is 8.25. The number of β-amino-alcohol motifs (C(OH)–C–C–N with tert-alkyl or cyclic N) is 1. The van der Waals surface area contributed by atoms with Gasteiger partial charge in [0.15, 0.2) is 17.6 Å². The first-order valence-electron chi connectivity index (χ1n) is 12.5. The Morgan fingerprint density at radius 2 is 1.80 bits per heavy atom. The van der Waals surface area contributed by atoms with Crippen LogP contribution in [0.25, 0.3) is 11.2 Å². The quantitative estimate of drug-likeness (QED) is 0.541. The molecule has 0 aromatic carbocycles. The number of imidazole rings is 1. The molecule has 2 unspecified atom stereocenters. The molecular formula is C24H30N6O5. The fourth-order valence-electron chi connectivity index (χ4n) is 7.32. The van der Waals surface area contributed by atoms with E-state index in [4.69, 9.17) is 4.74 Å². The van der Waals surface area contributed by atoms with E-state index < -0.39 is 35.5 Å². The molecule has 5 fully saturated rings. The minimum absolute atomic E-state index is 0.0187. The van der Waals surface area contributed by atoms with Crippen LogP contribution in [0.2, 0.25) is 0 Å². The van der Waals surface area contributed by atoms with E-state index in [0.29, 0.717) is 28.9 Å². The second-order valence-electron chi connectivity index (χ2n) is 11.0. The molecule has 11 heteroatoms. The third kappa shape index (κ3) is 3.85. The molecule has 4 bridgehead atoms. The molecule has 3 atom stereocenters. The van der Waals surface area contributed by atoms with E-state index in [0.717, 1.165) is 19.3 Å². The number of anilines is 1. The lowest BCUT2D eigenvalue weighted by molar-refractivity contribution is -0.168. The Morgan fingerprint density at radius 3 is 2.49 bits per heavy atom. The minimum Gasteiger partial charge on any atom is -0.451 e. The number of likely N-dealkylation sites (tertiary alicyclic amines) is 1. The van der Waals surface area contributed by atoms with Crippen LogP contribution < -0.4 is 5.32 Å². The number of nitrogens with zero attached hydrogens (tertiary/aromatic N) is 4. The van der Waals surface area contributed by atoms with Gasteiger partial charge in [0.1, 0.15) is 17.9 Å². The SMILES string of the molecule is CC(OC(=O)[C@@H]1CC(O)CN1C(=O)C12CC3CC(CC(C3)C1)C2)C(=O)Nc1ncnc2nc[nH]c12. The molecule has 3 heterocycles. The maximum absolute atomic E-state index is 13.8. The first-order chi connectivity index (χ1) is 16.8. The normalized spacial score (nSPS) is 34.2. The van der Waals surface area contributed by atoms with E-state index >= 15 is 0 Å². The first kappa shape index (κ1) is 22.4. The van der Waals surface area contributed by atoms with E-state index in [2.05, 4.69) is 25.3 Å². The number of hydrogen-bond acceptors (Lipinski definition) is 8. The number of rotatable bonds is 5. The van der Waals surface area contributed by atoms with Gasteiger partial charge >= 0.3 is 5.97 Å². The lowest BCUT2D eigenvalue weighted by Crippen LogP contribution is -2.56. The largest absolute Gasteiger partial charge is 0.451 e. The maximum atomic E-state index is 13.8. The van der Waals surface area contributed by atoms with Crippen molar-refractivity contribution in [2.24, 2.45) is 23.2 Å². The fourth-order valence-corrected chi connectivity index (χ4v) is 7.32. The van der Waals surface area contributed by atoms with Crippen LogP contribution in [0.15, 0.2) is 12.7 Å². The lowest BCUT2D eigenvalue weighted by Gasteiger charge is -2.56. The number of carbonyl (C=O) groups is 3. The summed E-state index contributed by atoms with van der Waals surface area (Å²) < 4.78 is 5.48. The molecule has 3 N–H and O–H groups in total. The third-order valence-corrected chi connectivity index (χ3v) is 8.43. The van der Waals surface area contributed by atoms with Crippen molar-refractivity contribution in [3.8, 4) is 0 Å². The molecule has 186 valence electrons. The Labute approximate surface area is 202 Å². The van der Waals surface area contributed by atoms with Gasteiger partial charge in [-0.1, -0.05) is 0 Å². The number of H-pyrrole nitrogens is 1. The predicted molar refractivity (Wildman–Crippen MR) is 123 cm³/mol. The summed E-state index contributed by atoms with van der Waals surface area (Å²) in [5, 5.41) is 13.0. The zero-order valence-electron chi connectivity index (χ0n) is 19.6. The number of amides is 2. The number of esters is 1. The standard InChI is InChI=1S/C24H30N6O5/c1-12(21(32)29-20-18-19(26-10-25-18)27-11-28-20)35-22(33)17-5-16(31)9-30(17)23(34)24-6-13-2-14(7-24)4-15(3-13)8-24/h10-17,31H,2-9H2,1H3,(H2,25,26,27,28,29,32)/t12?,13?,14?,15?,16?,17-,24?/m0/s1. The molecular weight excluding hydrogens is 452 g/mol. The van der Waals surface area contributed by atoms with Gasteiger partial charge in [0, 0.05) is 13.0 Å². The second-order valence-corrected chi connectivity index (χ2v) is 11.0.